The SMILES string of the molecule is C#CCC(C)NC1CCC12CCCCC2. The summed E-state index contributed by atoms with van der Waals surface area (Å²) in [5.74, 6) is 2.75. The van der Waals surface area contributed by atoms with Crippen molar-refractivity contribution in [1.82, 2.24) is 5.32 Å². The van der Waals surface area contributed by atoms with Gasteiger partial charge in [0.1, 0.15) is 0 Å². The predicted molar refractivity (Wildman–Crippen MR) is 64.6 cm³/mol. The van der Waals surface area contributed by atoms with Crippen LogP contribution in [0.4, 0.5) is 0 Å². The maximum absolute atomic E-state index is 5.34. The maximum atomic E-state index is 5.34. The molecule has 2 unspecified atom stereocenters. The topological polar surface area (TPSA) is 12.0 Å². The summed E-state index contributed by atoms with van der Waals surface area (Å²) in [5.41, 5.74) is 0.668. The minimum atomic E-state index is 0.499. The Hall–Kier alpha value is -0.480. The lowest BCUT2D eigenvalue weighted by Crippen LogP contribution is -2.56. The quantitative estimate of drug-likeness (QED) is 0.698. The Kier molecular flexibility index (Phi) is 3.36. The third-order valence-electron chi connectivity index (χ3n) is 4.43. The van der Waals surface area contributed by atoms with Crippen molar-refractivity contribution < 1.29 is 0 Å². The summed E-state index contributed by atoms with van der Waals surface area (Å²) in [7, 11) is 0. The van der Waals surface area contributed by atoms with Gasteiger partial charge in [-0.1, -0.05) is 19.3 Å². The van der Waals surface area contributed by atoms with Gasteiger partial charge in [0.25, 0.3) is 0 Å². The van der Waals surface area contributed by atoms with Crippen molar-refractivity contribution in [2.75, 3.05) is 0 Å². The lowest BCUT2D eigenvalue weighted by Gasteiger charge is -2.53. The highest BCUT2D eigenvalue weighted by molar-refractivity contribution is 5.03. The minimum absolute atomic E-state index is 0.499. The van der Waals surface area contributed by atoms with E-state index in [1.165, 1.54) is 44.9 Å². The molecule has 0 aromatic carbocycles. The molecule has 0 aliphatic heterocycles. The number of hydrogen-bond donors (Lipinski definition) is 1. The molecule has 1 N–H and O–H groups in total. The zero-order chi connectivity index (χ0) is 10.7. The molecule has 1 nitrogen and oxygen atoms in total. The first-order valence-electron chi connectivity index (χ1n) is 6.46. The van der Waals surface area contributed by atoms with Crippen LogP contribution in [0.1, 0.15) is 58.3 Å². The fourth-order valence-corrected chi connectivity index (χ4v) is 3.39. The molecule has 0 aromatic rings. The molecule has 2 atom stereocenters. The second-order valence-corrected chi connectivity index (χ2v) is 5.49. The fourth-order valence-electron chi connectivity index (χ4n) is 3.39. The second-order valence-electron chi connectivity index (χ2n) is 5.49. The van der Waals surface area contributed by atoms with E-state index in [1.54, 1.807) is 0 Å². The van der Waals surface area contributed by atoms with Gasteiger partial charge in [-0.05, 0) is 38.0 Å². The van der Waals surface area contributed by atoms with Gasteiger partial charge in [0.2, 0.25) is 0 Å². The molecule has 0 radical (unpaired) electrons. The van der Waals surface area contributed by atoms with Gasteiger partial charge in [-0.2, -0.15) is 0 Å². The molecule has 0 amide bonds. The highest BCUT2D eigenvalue weighted by atomic mass is 15.0. The Bertz CT molecular complexity index is 245. The lowest BCUT2D eigenvalue weighted by atomic mass is 9.57. The monoisotopic (exact) mass is 205 g/mol. The van der Waals surface area contributed by atoms with E-state index in [0.717, 1.165) is 12.5 Å². The molecule has 1 heteroatoms. The van der Waals surface area contributed by atoms with Crippen molar-refractivity contribution in [1.29, 1.82) is 0 Å². The van der Waals surface area contributed by atoms with Crippen LogP contribution in [0.25, 0.3) is 0 Å². The van der Waals surface area contributed by atoms with Crippen molar-refractivity contribution in [3.05, 3.63) is 0 Å². The summed E-state index contributed by atoms with van der Waals surface area (Å²) < 4.78 is 0. The molecule has 2 aliphatic carbocycles. The summed E-state index contributed by atoms with van der Waals surface area (Å²) in [6, 6.07) is 1.26. The smallest absolute Gasteiger partial charge is 0.0238 e. The van der Waals surface area contributed by atoms with Crippen LogP contribution < -0.4 is 5.32 Å². The van der Waals surface area contributed by atoms with E-state index < -0.39 is 0 Å². The highest BCUT2D eigenvalue weighted by Crippen LogP contribution is 2.51. The Morgan fingerprint density at radius 3 is 2.60 bits per heavy atom. The van der Waals surface area contributed by atoms with Crippen molar-refractivity contribution in [2.45, 2.75) is 70.4 Å². The van der Waals surface area contributed by atoms with Crippen molar-refractivity contribution in [3.8, 4) is 12.3 Å². The van der Waals surface area contributed by atoms with Crippen LogP contribution in [0.15, 0.2) is 0 Å². The summed E-state index contributed by atoms with van der Waals surface area (Å²) in [6.45, 7) is 2.22. The molecule has 2 saturated carbocycles. The zero-order valence-corrected chi connectivity index (χ0v) is 9.89. The largest absolute Gasteiger partial charge is 0.310 e. The van der Waals surface area contributed by atoms with E-state index in [4.69, 9.17) is 6.42 Å². The lowest BCUT2D eigenvalue weighted by molar-refractivity contribution is 0.0179. The van der Waals surface area contributed by atoms with Crippen LogP contribution in [0.3, 0.4) is 0 Å². The third-order valence-corrected chi connectivity index (χ3v) is 4.43. The first kappa shape index (κ1) is 11.0. The van der Waals surface area contributed by atoms with Gasteiger partial charge in [-0.25, -0.2) is 0 Å². The van der Waals surface area contributed by atoms with Crippen molar-refractivity contribution in [3.63, 3.8) is 0 Å². The first-order valence-corrected chi connectivity index (χ1v) is 6.46. The average molecular weight is 205 g/mol. The van der Waals surface area contributed by atoms with Gasteiger partial charge in [-0.15, -0.1) is 12.3 Å². The molecule has 0 bridgehead atoms. The summed E-state index contributed by atoms with van der Waals surface area (Å²) in [6.07, 6.45) is 16.3. The van der Waals surface area contributed by atoms with Gasteiger partial charge in [-0.3, -0.25) is 0 Å². The third kappa shape index (κ3) is 2.21. The van der Waals surface area contributed by atoms with Gasteiger partial charge < -0.3 is 5.32 Å². The molecule has 2 aliphatic rings. The van der Waals surface area contributed by atoms with Gasteiger partial charge in [0.15, 0.2) is 0 Å². The average Bonchev–Trinajstić information content (AvgIpc) is 2.26. The van der Waals surface area contributed by atoms with E-state index in [0.29, 0.717) is 11.5 Å². The van der Waals surface area contributed by atoms with E-state index in [9.17, 15) is 0 Å². The first-order chi connectivity index (χ1) is 7.27. The number of terminal acetylenes is 1. The van der Waals surface area contributed by atoms with Crippen LogP contribution >= 0.6 is 0 Å². The predicted octanol–water partition coefficient (Wildman–Crippen LogP) is 3.10. The minimum Gasteiger partial charge on any atom is -0.310 e. The number of nitrogens with one attached hydrogen (secondary N) is 1. The van der Waals surface area contributed by atoms with Crippen LogP contribution in [0.5, 0.6) is 0 Å². The van der Waals surface area contributed by atoms with Crippen LogP contribution in [0.2, 0.25) is 0 Å². The van der Waals surface area contributed by atoms with Crippen molar-refractivity contribution in [2.24, 2.45) is 5.41 Å². The number of hydrogen-bond acceptors (Lipinski definition) is 1. The van der Waals surface area contributed by atoms with E-state index in [-0.39, 0.29) is 0 Å². The van der Waals surface area contributed by atoms with Gasteiger partial charge >= 0.3 is 0 Å². The summed E-state index contributed by atoms with van der Waals surface area (Å²) in [4.78, 5) is 0. The molecule has 2 rings (SSSR count). The molecule has 84 valence electrons. The molecule has 1 spiro atoms. The van der Waals surface area contributed by atoms with E-state index in [1.807, 2.05) is 0 Å². The van der Waals surface area contributed by atoms with Gasteiger partial charge in [0.05, 0.1) is 0 Å². The molecule has 15 heavy (non-hydrogen) atoms. The van der Waals surface area contributed by atoms with E-state index >= 15 is 0 Å². The molecule has 2 fully saturated rings. The summed E-state index contributed by atoms with van der Waals surface area (Å²) >= 11 is 0. The Morgan fingerprint density at radius 1 is 1.33 bits per heavy atom. The molecule has 0 aromatic heterocycles. The molecule has 0 saturated heterocycles. The summed E-state index contributed by atoms with van der Waals surface area (Å²) in [5, 5.41) is 3.74. The zero-order valence-electron chi connectivity index (χ0n) is 9.89. The molecular weight excluding hydrogens is 182 g/mol. The maximum Gasteiger partial charge on any atom is 0.0238 e. The Morgan fingerprint density at radius 2 is 2.07 bits per heavy atom. The normalized spacial score (nSPS) is 30.5. The Labute approximate surface area is 94.0 Å². The van der Waals surface area contributed by atoms with Crippen LogP contribution in [-0.4, -0.2) is 12.1 Å². The van der Waals surface area contributed by atoms with Crippen LogP contribution in [0, 0.1) is 17.8 Å². The molecular formula is C14H23N. The van der Waals surface area contributed by atoms with Crippen LogP contribution in [-0.2, 0) is 0 Å². The fraction of sp³-hybridized carbons (Fsp3) is 0.857. The molecule has 0 heterocycles. The van der Waals surface area contributed by atoms with Crippen molar-refractivity contribution >= 4 is 0 Å². The highest BCUT2D eigenvalue weighted by Gasteiger charge is 2.46. The second kappa shape index (κ2) is 4.58. The number of rotatable bonds is 3. The van der Waals surface area contributed by atoms with Gasteiger partial charge in [0, 0.05) is 18.5 Å². The standard InChI is InChI=1S/C14H23N/c1-3-7-12(2)15-13-8-11-14(13)9-5-4-6-10-14/h1,12-13,15H,4-11H2,2H3. The Balaban J connectivity index is 1.85. The van der Waals surface area contributed by atoms with E-state index in [2.05, 4.69) is 18.2 Å².